The molecule has 9 rings (SSSR count). The molecule has 0 unspecified atom stereocenters. The molecule has 0 atom stereocenters. The predicted molar refractivity (Wildman–Crippen MR) is 200 cm³/mol. The molecule has 0 saturated heterocycles. The highest BCUT2D eigenvalue weighted by molar-refractivity contribution is 6.12. The summed E-state index contributed by atoms with van der Waals surface area (Å²) in [6, 6.07) is 57.8. The van der Waals surface area contributed by atoms with E-state index in [1.165, 1.54) is 0 Å². The second kappa shape index (κ2) is 11.4. The van der Waals surface area contributed by atoms with E-state index in [0.29, 0.717) is 16.7 Å². The maximum atomic E-state index is 10.8. The van der Waals surface area contributed by atoms with Gasteiger partial charge in [0.1, 0.15) is 12.1 Å². The van der Waals surface area contributed by atoms with Crippen LogP contribution in [0.2, 0.25) is 0 Å². The third kappa shape index (κ3) is 4.24. The van der Waals surface area contributed by atoms with E-state index in [4.69, 9.17) is 0 Å². The molecule has 0 N–H and O–H groups in total. The minimum atomic E-state index is 0.561. The van der Waals surface area contributed by atoms with Gasteiger partial charge in [0.15, 0.2) is 0 Å². The number of para-hydroxylation sites is 4. The highest BCUT2D eigenvalue weighted by Gasteiger charge is 2.20. The van der Waals surface area contributed by atoms with E-state index in [0.717, 1.165) is 77.2 Å². The fraction of sp³-hybridized carbons (Fsp3) is 0. The Morgan fingerprint density at radius 1 is 0.400 bits per heavy atom. The zero-order valence-electron chi connectivity index (χ0n) is 26.7. The fourth-order valence-corrected chi connectivity index (χ4v) is 7.51. The van der Waals surface area contributed by atoms with Crippen LogP contribution in [0.3, 0.4) is 0 Å². The SMILES string of the molecule is N#Cc1ccc2c(c1)c1ccccc1n2-c1cccc(-c2cccc(-c3ccccc3-n3c4ccccc4c4cccc(C#N)c43)c2)c1C#N. The molecular weight excluding hydrogens is 611 g/mol. The molecule has 0 bridgehead atoms. The van der Waals surface area contributed by atoms with Crippen LogP contribution in [0.1, 0.15) is 16.7 Å². The number of hydrogen-bond donors (Lipinski definition) is 0. The first-order chi connectivity index (χ1) is 24.7. The van der Waals surface area contributed by atoms with Gasteiger partial charge in [-0.3, -0.25) is 0 Å². The number of rotatable bonds is 4. The van der Waals surface area contributed by atoms with Crippen molar-refractivity contribution in [2.24, 2.45) is 0 Å². The molecule has 5 heteroatoms. The summed E-state index contributed by atoms with van der Waals surface area (Å²) < 4.78 is 4.33. The number of hydrogen-bond acceptors (Lipinski definition) is 3. The highest BCUT2D eigenvalue weighted by atomic mass is 15.0. The molecule has 0 aliphatic carbocycles. The predicted octanol–water partition coefficient (Wildman–Crippen LogP) is 10.8. The van der Waals surface area contributed by atoms with Crippen LogP contribution in [0, 0.1) is 34.0 Å². The number of fused-ring (bicyclic) bond motifs is 6. The summed E-state index contributed by atoms with van der Waals surface area (Å²) >= 11 is 0. The number of nitrogens with zero attached hydrogens (tertiary/aromatic N) is 5. The summed E-state index contributed by atoms with van der Waals surface area (Å²) in [6.07, 6.45) is 0. The Morgan fingerprint density at radius 3 is 1.78 bits per heavy atom. The Labute approximate surface area is 287 Å². The minimum absolute atomic E-state index is 0.561. The van der Waals surface area contributed by atoms with Crippen LogP contribution >= 0.6 is 0 Å². The lowest BCUT2D eigenvalue weighted by Crippen LogP contribution is -2.00. The van der Waals surface area contributed by atoms with E-state index in [1.54, 1.807) is 0 Å². The molecule has 0 saturated carbocycles. The van der Waals surface area contributed by atoms with Gasteiger partial charge in [0.05, 0.1) is 56.2 Å². The Balaban J connectivity index is 1.25. The minimum Gasteiger partial charge on any atom is -0.308 e. The lowest BCUT2D eigenvalue weighted by molar-refractivity contribution is 1.17. The molecule has 0 amide bonds. The standard InChI is InChI=1S/C45H25N5/c46-26-29-22-23-44-38(24-29)36-15-3-5-19-41(36)49(44)43-21-9-16-33(39(43)28-48)30-10-7-11-31(25-30)34-13-1-4-18-40(34)50-42-20-6-2-14-35(42)37-17-8-12-32(27-47)45(37)50/h1-25H. The summed E-state index contributed by atoms with van der Waals surface area (Å²) in [6.45, 7) is 0. The van der Waals surface area contributed by atoms with Gasteiger partial charge in [0.2, 0.25) is 0 Å². The molecule has 0 aliphatic rings. The van der Waals surface area contributed by atoms with Crippen molar-refractivity contribution in [3.63, 3.8) is 0 Å². The van der Waals surface area contributed by atoms with Gasteiger partial charge >= 0.3 is 0 Å². The van der Waals surface area contributed by atoms with Gasteiger partial charge in [-0.05, 0) is 65.7 Å². The van der Waals surface area contributed by atoms with E-state index >= 15 is 0 Å². The summed E-state index contributed by atoms with van der Waals surface area (Å²) in [5, 5.41) is 34.6. The van der Waals surface area contributed by atoms with Gasteiger partial charge in [-0.15, -0.1) is 0 Å². The van der Waals surface area contributed by atoms with Gasteiger partial charge < -0.3 is 9.13 Å². The topological polar surface area (TPSA) is 81.2 Å². The van der Waals surface area contributed by atoms with Crippen molar-refractivity contribution in [2.75, 3.05) is 0 Å². The highest BCUT2D eigenvalue weighted by Crippen LogP contribution is 2.40. The normalized spacial score (nSPS) is 11.1. The van der Waals surface area contributed by atoms with E-state index in [9.17, 15) is 15.8 Å². The second-order valence-electron chi connectivity index (χ2n) is 12.3. The third-order valence-electron chi connectivity index (χ3n) is 9.64. The molecule has 2 heterocycles. The molecule has 5 nitrogen and oxygen atoms in total. The van der Waals surface area contributed by atoms with Gasteiger partial charge in [0.25, 0.3) is 0 Å². The average molecular weight is 636 g/mol. The Kier molecular flexibility index (Phi) is 6.56. The third-order valence-corrected chi connectivity index (χ3v) is 9.64. The quantitative estimate of drug-likeness (QED) is 0.193. The van der Waals surface area contributed by atoms with Gasteiger partial charge in [-0.1, -0.05) is 97.1 Å². The molecule has 2 aromatic heterocycles. The zero-order chi connectivity index (χ0) is 33.8. The van der Waals surface area contributed by atoms with Crippen molar-refractivity contribution in [1.82, 2.24) is 9.13 Å². The molecule has 0 aliphatic heterocycles. The van der Waals surface area contributed by atoms with Crippen LogP contribution in [-0.4, -0.2) is 9.13 Å². The molecule has 0 radical (unpaired) electrons. The summed E-state index contributed by atoms with van der Waals surface area (Å²) in [7, 11) is 0. The average Bonchev–Trinajstić information content (AvgIpc) is 3.70. The first-order valence-corrected chi connectivity index (χ1v) is 16.3. The van der Waals surface area contributed by atoms with Crippen molar-refractivity contribution >= 4 is 43.6 Å². The van der Waals surface area contributed by atoms with E-state index in [1.807, 2.05) is 97.1 Å². The van der Waals surface area contributed by atoms with E-state index in [2.05, 4.69) is 81.9 Å². The lowest BCUT2D eigenvalue weighted by Gasteiger charge is -2.16. The maximum absolute atomic E-state index is 10.8. The molecule has 9 aromatic rings. The molecular formula is C45H25N5. The first kappa shape index (κ1) is 28.8. The van der Waals surface area contributed by atoms with Crippen LogP contribution in [0.4, 0.5) is 0 Å². The number of benzene rings is 7. The van der Waals surface area contributed by atoms with Crippen molar-refractivity contribution < 1.29 is 0 Å². The Hall–Kier alpha value is -7.39. The van der Waals surface area contributed by atoms with Crippen LogP contribution in [-0.2, 0) is 0 Å². The van der Waals surface area contributed by atoms with E-state index < -0.39 is 0 Å². The van der Waals surface area contributed by atoms with Crippen molar-refractivity contribution in [3.8, 4) is 51.8 Å². The van der Waals surface area contributed by atoms with Gasteiger partial charge in [-0.2, -0.15) is 15.8 Å². The van der Waals surface area contributed by atoms with Gasteiger partial charge in [-0.25, -0.2) is 0 Å². The monoisotopic (exact) mass is 635 g/mol. The molecule has 0 fully saturated rings. The summed E-state index contributed by atoms with van der Waals surface area (Å²) in [5.74, 6) is 0. The number of nitriles is 3. The molecule has 0 spiro atoms. The van der Waals surface area contributed by atoms with Crippen LogP contribution in [0.15, 0.2) is 152 Å². The largest absolute Gasteiger partial charge is 0.308 e. The molecule has 7 aromatic carbocycles. The van der Waals surface area contributed by atoms with Crippen molar-refractivity contribution in [2.45, 2.75) is 0 Å². The van der Waals surface area contributed by atoms with Crippen LogP contribution in [0.25, 0.3) is 77.2 Å². The fourth-order valence-electron chi connectivity index (χ4n) is 7.51. The second-order valence-corrected chi connectivity index (χ2v) is 12.3. The smallest absolute Gasteiger partial charge is 0.102 e. The first-order valence-electron chi connectivity index (χ1n) is 16.3. The van der Waals surface area contributed by atoms with Crippen molar-refractivity contribution in [1.29, 1.82) is 15.8 Å². The van der Waals surface area contributed by atoms with Crippen LogP contribution in [0.5, 0.6) is 0 Å². The summed E-state index contributed by atoms with van der Waals surface area (Å²) in [5.41, 5.74) is 11.1. The molecule has 50 heavy (non-hydrogen) atoms. The molecule has 230 valence electrons. The summed E-state index contributed by atoms with van der Waals surface area (Å²) in [4.78, 5) is 0. The maximum Gasteiger partial charge on any atom is 0.102 e. The lowest BCUT2D eigenvalue weighted by atomic mass is 9.94. The van der Waals surface area contributed by atoms with E-state index in [-0.39, 0.29) is 0 Å². The number of aromatic nitrogens is 2. The van der Waals surface area contributed by atoms with Crippen molar-refractivity contribution in [3.05, 3.63) is 168 Å². The van der Waals surface area contributed by atoms with Gasteiger partial charge in [0, 0.05) is 32.7 Å². The Morgan fingerprint density at radius 2 is 1.00 bits per heavy atom. The Bertz CT molecular complexity index is 2970. The zero-order valence-corrected chi connectivity index (χ0v) is 26.7. The van der Waals surface area contributed by atoms with Crippen LogP contribution < -0.4 is 0 Å².